The maximum Gasteiger partial charge on any atom is 0.332 e. The molecule has 0 spiro atoms. The van der Waals surface area contributed by atoms with Crippen molar-refractivity contribution in [3.63, 3.8) is 0 Å². The predicted molar refractivity (Wildman–Crippen MR) is 53.5 cm³/mol. The lowest BCUT2D eigenvalue weighted by molar-refractivity contribution is 0.0276. The summed E-state index contributed by atoms with van der Waals surface area (Å²) in [5.74, 6) is 0. The van der Waals surface area contributed by atoms with Crippen LogP contribution < -0.4 is 0 Å². The van der Waals surface area contributed by atoms with Crippen LogP contribution in [0, 0.1) is 5.41 Å². The lowest BCUT2D eigenvalue weighted by atomic mass is 9.97. The second kappa shape index (κ2) is 5.26. The van der Waals surface area contributed by atoms with E-state index < -0.39 is 8.60 Å². The van der Waals surface area contributed by atoms with E-state index in [1.807, 2.05) is 0 Å². The molecule has 13 heavy (non-hydrogen) atoms. The van der Waals surface area contributed by atoms with Gasteiger partial charge in [0.2, 0.25) is 0 Å². The van der Waals surface area contributed by atoms with Gasteiger partial charge in [-0.25, -0.2) is 0 Å². The van der Waals surface area contributed by atoms with Crippen LogP contribution >= 0.6 is 8.60 Å². The third-order valence-electron chi connectivity index (χ3n) is 1.82. The van der Waals surface area contributed by atoms with Gasteiger partial charge in [0, 0.05) is 5.41 Å². The van der Waals surface area contributed by atoms with E-state index in [-0.39, 0.29) is 5.41 Å². The van der Waals surface area contributed by atoms with Crippen LogP contribution in [-0.4, -0.2) is 19.8 Å². The second-order valence-electron chi connectivity index (χ2n) is 4.12. The Kier molecular flexibility index (Phi) is 4.60. The quantitative estimate of drug-likeness (QED) is 0.522. The van der Waals surface area contributed by atoms with E-state index in [0.29, 0.717) is 0 Å². The standard InChI is InChI=1S/C9H19O3P/c1-4-5-6-10-13-11-7-9(2,3)8-12-13/h4-8H2,1-3H3. The molecule has 0 atom stereocenters. The molecule has 4 heteroatoms. The van der Waals surface area contributed by atoms with E-state index in [1.165, 1.54) is 0 Å². The molecule has 1 aliphatic rings. The Morgan fingerprint density at radius 1 is 1.31 bits per heavy atom. The zero-order chi connectivity index (χ0) is 9.73. The molecule has 1 heterocycles. The molecule has 0 radical (unpaired) electrons. The first kappa shape index (κ1) is 11.4. The van der Waals surface area contributed by atoms with E-state index in [4.69, 9.17) is 13.6 Å². The molecule has 0 bridgehead atoms. The van der Waals surface area contributed by atoms with Gasteiger partial charge in [-0.2, -0.15) is 0 Å². The maximum atomic E-state index is 5.46. The first-order valence-electron chi connectivity index (χ1n) is 4.83. The fraction of sp³-hybridized carbons (Fsp3) is 1.00. The summed E-state index contributed by atoms with van der Waals surface area (Å²) in [4.78, 5) is 0. The van der Waals surface area contributed by atoms with Gasteiger partial charge in [-0.1, -0.05) is 27.2 Å². The van der Waals surface area contributed by atoms with E-state index >= 15 is 0 Å². The van der Waals surface area contributed by atoms with Crippen molar-refractivity contribution in [3.8, 4) is 0 Å². The van der Waals surface area contributed by atoms with E-state index in [0.717, 1.165) is 32.7 Å². The Labute approximate surface area is 81.8 Å². The van der Waals surface area contributed by atoms with E-state index in [1.54, 1.807) is 0 Å². The zero-order valence-electron chi connectivity index (χ0n) is 8.71. The minimum atomic E-state index is -1.04. The van der Waals surface area contributed by atoms with Crippen molar-refractivity contribution in [1.29, 1.82) is 0 Å². The summed E-state index contributed by atoms with van der Waals surface area (Å²) in [6.07, 6.45) is 2.23. The van der Waals surface area contributed by atoms with Crippen molar-refractivity contribution in [2.75, 3.05) is 19.8 Å². The molecular weight excluding hydrogens is 187 g/mol. The maximum absolute atomic E-state index is 5.46. The van der Waals surface area contributed by atoms with Crippen LogP contribution in [0.2, 0.25) is 0 Å². The van der Waals surface area contributed by atoms with Gasteiger partial charge in [0.05, 0.1) is 19.8 Å². The van der Waals surface area contributed by atoms with E-state index in [9.17, 15) is 0 Å². The number of hydrogen-bond donors (Lipinski definition) is 0. The molecule has 0 aromatic carbocycles. The summed E-state index contributed by atoms with van der Waals surface area (Å²) in [6, 6.07) is 0. The summed E-state index contributed by atoms with van der Waals surface area (Å²) in [6.45, 7) is 8.64. The first-order chi connectivity index (χ1) is 6.14. The third kappa shape index (κ3) is 4.37. The third-order valence-corrected chi connectivity index (χ3v) is 2.89. The van der Waals surface area contributed by atoms with Crippen LogP contribution in [0.1, 0.15) is 33.6 Å². The van der Waals surface area contributed by atoms with Crippen molar-refractivity contribution < 1.29 is 13.6 Å². The summed E-state index contributed by atoms with van der Waals surface area (Å²) in [5, 5.41) is 0. The lowest BCUT2D eigenvalue weighted by Gasteiger charge is -2.32. The fourth-order valence-electron chi connectivity index (χ4n) is 0.892. The molecule has 1 saturated heterocycles. The zero-order valence-corrected chi connectivity index (χ0v) is 9.60. The largest absolute Gasteiger partial charge is 0.332 e. The van der Waals surface area contributed by atoms with Crippen LogP contribution in [0.3, 0.4) is 0 Å². The Bertz CT molecular complexity index is 140. The van der Waals surface area contributed by atoms with Crippen molar-refractivity contribution in [2.45, 2.75) is 33.6 Å². The Balaban J connectivity index is 2.11. The number of rotatable bonds is 4. The molecule has 1 rings (SSSR count). The molecule has 0 amide bonds. The van der Waals surface area contributed by atoms with Crippen LogP contribution in [0.15, 0.2) is 0 Å². The average molecular weight is 206 g/mol. The number of unbranched alkanes of at least 4 members (excludes halogenated alkanes) is 1. The summed E-state index contributed by atoms with van der Waals surface area (Å²) < 4.78 is 16.4. The predicted octanol–water partition coefficient (Wildman–Crippen LogP) is 3.10. The minimum absolute atomic E-state index is 0.146. The molecule has 78 valence electrons. The van der Waals surface area contributed by atoms with E-state index in [2.05, 4.69) is 20.8 Å². The van der Waals surface area contributed by atoms with Crippen molar-refractivity contribution in [2.24, 2.45) is 5.41 Å². The van der Waals surface area contributed by atoms with Gasteiger partial charge < -0.3 is 13.6 Å². The van der Waals surface area contributed by atoms with Crippen LogP contribution in [0.5, 0.6) is 0 Å². The molecule has 0 aromatic rings. The van der Waals surface area contributed by atoms with Crippen LogP contribution in [-0.2, 0) is 13.6 Å². The molecule has 3 nitrogen and oxygen atoms in total. The second-order valence-corrected chi connectivity index (χ2v) is 5.34. The Morgan fingerprint density at radius 3 is 2.46 bits per heavy atom. The van der Waals surface area contributed by atoms with Gasteiger partial charge in [-0.05, 0) is 6.42 Å². The molecular formula is C9H19O3P. The number of hydrogen-bond acceptors (Lipinski definition) is 3. The Hall–Kier alpha value is 0.310. The molecule has 0 aliphatic carbocycles. The van der Waals surface area contributed by atoms with Gasteiger partial charge in [-0.15, -0.1) is 0 Å². The van der Waals surface area contributed by atoms with Gasteiger partial charge in [0.25, 0.3) is 0 Å². The summed E-state index contributed by atoms with van der Waals surface area (Å²) in [7, 11) is -1.04. The normalized spacial score (nSPS) is 23.3. The van der Waals surface area contributed by atoms with Gasteiger partial charge in [0.1, 0.15) is 0 Å². The Morgan fingerprint density at radius 2 is 1.92 bits per heavy atom. The smallest absolute Gasteiger partial charge is 0.312 e. The fourth-order valence-corrected chi connectivity index (χ4v) is 2.30. The summed E-state index contributed by atoms with van der Waals surface area (Å²) >= 11 is 0. The molecule has 1 aliphatic heterocycles. The van der Waals surface area contributed by atoms with Gasteiger partial charge in [0.15, 0.2) is 0 Å². The highest BCUT2D eigenvalue weighted by Gasteiger charge is 2.29. The van der Waals surface area contributed by atoms with Crippen molar-refractivity contribution in [3.05, 3.63) is 0 Å². The van der Waals surface area contributed by atoms with Gasteiger partial charge in [-0.3, -0.25) is 0 Å². The molecule has 0 aromatic heterocycles. The average Bonchev–Trinajstić information content (AvgIpc) is 2.08. The minimum Gasteiger partial charge on any atom is -0.312 e. The highest BCUT2D eigenvalue weighted by Crippen LogP contribution is 2.46. The molecule has 1 fully saturated rings. The van der Waals surface area contributed by atoms with Crippen molar-refractivity contribution >= 4 is 8.60 Å². The van der Waals surface area contributed by atoms with Gasteiger partial charge >= 0.3 is 8.60 Å². The van der Waals surface area contributed by atoms with Crippen molar-refractivity contribution in [1.82, 2.24) is 0 Å². The highest BCUT2D eigenvalue weighted by molar-refractivity contribution is 7.41. The first-order valence-corrected chi connectivity index (χ1v) is 5.92. The van der Waals surface area contributed by atoms with Crippen LogP contribution in [0.4, 0.5) is 0 Å². The SMILES string of the molecule is CCCCOP1OCC(C)(C)CO1. The van der Waals surface area contributed by atoms with Crippen LogP contribution in [0.25, 0.3) is 0 Å². The molecule has 0 unspecified atom stereocenters. The lowest BCUT2D eigenvalue weighted by Crippen LogP contribution is -2.28. The molecule has 0 N–H and O–H groups in total. The summed E-state index contributed by atoms with van der Waals surface area (Å²) in [5.41, 5.74) is 0.146. The molecule has 0 saturated carbocycles. The highest BCUT2D eigenvalue weighted by atomic mass is 31.2. The topological polar surface area (TPSA) is 27.7 Å². The monoisotopic (exact) mass is 206 g/mol.